The Morgan fingerprint density at radius 3 is 2.81 bits per heavy atom. The molecule has 0 bridgehead atoms. The van der Waals surface area contributed by atoms with Gasteiger partial charge < -0.3 is 10.4 Å². The first-order chi connectivity index (χ1) is 10.1. The molecule has 0 aliphatic carbocycles. The molecule has 0 spiro atoms. The monoisotopic (exact) mass is 307 g/mol. The SMILES string of the molecule is CC[C@H](C)NC(=O)CSc1nnnn1-c1ccc(O)cc1. The van der Waals surface area contributed by atoms with Crippen molar-refractivity contribution in [3.63, 3.8) is 0 Å². The highest BCUT2D eigenvalue weighted by atomic mass is 32.2. The number of phenolic OH excluding ortho intramolecular Hbond substituents is 1. The average molecular weight is 307 g/mol. The Balaban J connectivity index is 2.01. The number of nitrogens with zero attached hydrogens (tertiary/aromatic N) is 4. The van der Waals surface area contributed by atoms with Gasteiger partial charge in [0.2, 0.25) is 11.1 Å². The van der Waals surface area contributed by atoms with Crippen LogP contribution in [-0.4, -0.2) is 43.0 Å². The van der Waals surface area contributed by atoms with Gasteiger partial charge in [0.05, 0.1) is 11.4 Å². The molecule has 112 valence electrons. The number of carbonyl (C=O) groups is 1. The van der Waals surface area contributed by atoms with E-state index >= 15 is 0 Å². The van der Waals surface area contributed by atoms with Crippen molar-refractivity contribution in [1.82, 2.24) is 25.5 Å². The fraction of sp³-hybridized carbons (Fsp3) is 0.385. The normalized spacial score (nSPS) is 12.1. The van der Waals surface area contributed by atoms with Gasteiger partial charge in [-0.3, -0.25) is 4.79 Å². The van der Waals surface area contributed by atoms with E-state index in [9.17, 15) is 9.90 Å². The van der Waals surface area contributed by atoms with Crippen LogP contribution >= 0.6 is 11.8 Å². The topological polar surface area (TPSA) is 92.9 Å². The number of carbonyl (C=O) groups excluding carboxylic acids is 1. The molecule has 0 radical (unpaired) electrons. The van der Waals surface area contributed by atoms with Gasteiger partial charge in [0.15, 0.2) is 0 Å². The quantitative estimate of drug-likeness (QED) is 0.783. The Kier molecular flexibility index (Phi) is 5.15. The van der Waals surface area contributed by atoms with E-state index in [2.05, 4.69) is 20.8 Å². The van der Waals surface area contributed by atoms with Crippen LogP contribution in [0.2, 0.25) is 0 Å². The third kappa shape index (κ3) is 4.19. The maximum atomic E-state index is 11.8. The largest absolute Gasteiger partial charge is 0.508 e. The van der Waals surface area contributed by atoms with Crippen LogP contribution in [0.3, 0.4) is 0 Å². The molecule has 1 aromatic heterocycles. The number of nitrogens with one attached hydrogen (secondary N) is 1. The molecule has 2 N–H and O–H groups in total. The van der Waals surface area contributed by atoms with Crippen molar-refractivity contribution in [2.45, 2.75) is 31.5 Å². The first-order valence-electron chi connectivity index (χ1n) is 6.60. The molecule has 2 rings (SSSR count). The van der Waals surface area contributed by atoms with Crippen LogP contribution in [-0.2, 0) is 4.79 Å². The first-order valence-corrected chi connectivity index (χ1v) is 7.58. The summed E-state index contributed by atoms with van der Waals surface area (Å²) in [5, 5.41) is 24.1. The van der Waals surface area contributed by atoms with Gasteiger partial charge in [-0.05, 0) is 48.0 Å². The molecule has 1 atom stereocenters. The third-order valence-corrected chi connectivity index (χ3v) is 3.81. The van der Waals surface area contributed by atoms with E-state index < -0.39 is 0 Å². The molecule has 0 fully saturated rings. The second-order valence-corrected chi connectivity index (χ2v) is 5.50. The van der Waals surface area contributed by atoms with Gasteiger partial charge >= 0.3 is 0 Å². The summed E-state index contributed by atoms with van der Waals surface area (Å²) in [6.45, 7) is 3.98. The summed E-state index contributed by atoms with van der Waals surface area (Å²) >= 11 is 1.27. The molecule has 0 aliphatic rings. The van der Waals surface area contributed by atoms with Crippen molar-refractivity contribution in [1.29, 1.82) is 0 Å². The van der Waals surface area contributed by atoms with Gasteiger partial charge in [-0.1, -0.05) is 18.7 Å². The highest BCUT2D eigenvalue weighted by Gasteiger charge is 2.12. The lowest BCUT2D eigenvalue weighted by atomic mass is 10.3. The van der Waals surface area contributed by atoms with Gasteiger partial charge in [-0.2, -0.15) is 4.68 Å². The minimum Gasteiger partial charge on any atom is -0.508 e. The zero-order valence-corrected chi connectivity index (χ0v) is 12.7. The lowest BCUT2D eigenvalue weighted by Crippen LogP contribution is -2.33. The van der Waals surface area contributed by atoms with E-state index in [0.717, 1.165) is 12.1 Å². The Labute approximate surface area is 126 Å². The fourth-order valence-electron chi connectivity index (χ4n) is 1.57. The van der Waals surface area contributed by atoms with Crippen LogP contribution in [0.4, 0.5) is 0 Å². The molecular weight excluding hydrogens is 290 g/mol. The average Bonchev–Trinajstić information content (AvgIpc) is 2.94. The van der Waals surface area contributed by atoms with Gasteiger partial charge in [0.25, 0.3) is 0 Å². The number of thioether (sulfide) groups is 1. The van der Waals surface area contributed by atoms with Gasteiger partial charge in [0, 0.05) is 6.04 Å². The molecule has 21 heavy (non-hydrogen) atoms. The Bertz CT molecular complexity index is 599. The van der Waals surface area contributed by atoms with E-state index in [1.54, 1.807) is 24.3 Å². The molecule has 1 aromatic carbocycles. The third-order valence-electron chi connectivity index (χ3n) is 2.89. The summed E-state index contributed by atoms with van der Waals surface area (Å²) in [6, 6.07) is 6.68. The van der Waals surface area contributed by atoms with Crippen LogP contribution in [0.1, 0.15) is 20.3 Å². The standard InChI is InChI=1S/C13H17N5O2S/c1-3-9(2)14-12(20)8-21-13-15-16-17-18(13)10-4-6-11(19)7-5-10/h4-7,9,19H,3,8H2,1-2H3,(H,14,20)/t9-/m0/s1. The van der Waals surface area contributed by atoms with E-state index in [-0.39, 0.29) is 23.5 Å². The predicted octanol–water partition coefficient (Wildman–Crippen LogP) is 1.37. The van der Waals surface area contributed by atoms with E-state index in [4.69, 9.17) is 0 Å². The second-order valence-electron chi connectivity index (χ2n) is 4.56. The number of hydrogen-bond acceptors (Lipinski definition) is 6. The lowest BCUT2D eigenvalue weighted by Gasteiger charge is -2.10. The number of amides is 1. The highest BCUT2D eigenvalue weighted by molar-refractivity contribution is 7.99. The molecule has 8 heteroatoms. The van der Waals surface area contributed by atoms with Crippen LogP contribution in [0.25, 0.3) is 5.69 Å². The number of benzene rings is 1. The lowest BCUT2D eigenvalue weighted by molar-refractivity contribution is -0.119. The molecule has 7 nitrogen and oxygen atoms in total. The van der Waals surface area contributed by atoms with Gasteiger partial charge in [-0.15, -0.1) is 5.10 Å². The van der Waals surface area contributed by atoms with E-state index in [0.29, 0.717) is 5.16 Å². The molecule has 0 aliphatic heterocycles. The minimum atomic E-state index is -0.0467. The van der Waals surface area contributed by atoms with Crippen molar-refractivity contribution in [3.8, 4) is 11.4 Å². The molecular formula is C13H17N5O2S. The number of phenols is 1. The zero-order chi connectivity index (χ0) is 15.2. The summed E-state index contributed by atoms with van der Waals surface area (Å²) in [5.74, 6) is 0.381. The molecule has 1 heterocycles. The van der Waals surface area contributed by atoms with Gasteiger partial charge in [0.1, 0.15) is 5.75 Å². The number of tetrazole rings is 1. The van der Waals surface area contributed by atoms with Crippen molar-refractivity contribution < 1.29 is 9.90 Å². The van der Waals surface area contributed by atoms with Gasteiger partial charge in [-0.25, -0.2) is 0 Å². The summed E-state index contributed by atoms with van der Waals surface area (Å²) < 4.78 is 1.53. The van der Waals surface area contributed by atoms with Crippen molar-refractivity contribution >= 4 is 17.7 Å². The molecule has 0 unspecified atom stereocenters. The van der Waals surface area contributed by atoms with Crippen LogP contribution in [0.5, 0.6) is 5.75 Å². The number of rotatable bonds is 6. The smallest absolute Gasteiger partial charge is 0.230 e. The highest BCUT2D eigenvalue weighted by Crippen LogP contribution is 2.19. The van der Waals surface area contributed by atoms with Crippen LogP contribution in [0.15, 0.2) is 29.4 Å². The molecule has 0 saturated heterocycles. The molecule has 2 aromatic rings. The Morgan fingerprint density at radius 2 is 2.14 bits per heavy atom. The number of aromatic nitrogens is 4. The Hall–Kier alpha value is -2.09. The predicted molar refractivity (Wildman–Crippen MR) is 79.4 cm³/mol. The second kappa shape index (κ2) is 7.07. The maximum Gasteiger partial charge on any atom is 0.230 e. The summed E-state index contributed by atoms with van der Waals surface area (Å²) in [5.41, 5.74) is 0.725. The maximum absolute atomic E-state index is 11.8. The summed E-state index contributed by atoms with van der Waals surface area (Å²) in [4.78, 5) is 11.8. The summed E-state index contributed by atoms with van der Waals surface area (Å²) in [6.07, 6.45) is 0.891. The number of aromatic hydroxyl groups is 1. The van der Waals surface area contributed by atoms with Crippen LogP contribution in [0, 0.1) is 0 Å². The minimum absolute atomic E-state index is 0.0467. The zero-order valence-electron chi connectivity index (χ0n) is 11.9. The van der Waals surface area contributed by atoms with Crippen molar-refractivity contribution in [2.75, 3.05) is 5.75 Å². The molecule has 0 saturated carbocycles. The fourth-order valence-corrected chi connectivity index (χ4v) is 2.28. The van der Waals surface area contributed by atoms with E-state index in [1.165, 1.54) is 16.4 Å². The number of hydrogen-bond donors (Lipinski definition) is 2. The van der Waals surface area contributed by atoms with Crippen molar-refractivity contribution in [2.24, 2.45) is 0 Å². The Morgan fingerprint density at radius 1 is 1.43 bits per heavy atom. The van der Waals surface area contributed by atoms with E-state index in [1.807, 2.05) is 13.8 Å². The first kappa shape index (κ1) is 15.3. The van der Waals surface area contributed by atoms with Crippen LogP contribution < -0.4 is 5.32 Å². The molecule has 1 amide bonds. The summed E-state index contributed by atoms with van der Waals surface area (Å²) in [7, 11) is 0. The van der Waals surface area contributed by atoms with Crippen molar-refractivity contribution in [3.05, 3.63) is 24.3 Å².